The van der Waals surface area contributed by atoms with E-state index in [-0.39, 0.29) is 24.8 Å². The van der Waals surface area contributed by atoms with Gasteiger partial charge in [0.2, 0.25) is 5.91 Å². The number of rotatable bonds is 7. The molecule has 2 aromatic carbocycles. The van der Waals surface area contributed by atoms with Gasteiger partial charge in [-0.05, 0) is 41.5 Å². The number of carbonyl (C=O) groups is 1. The molecule has 0 radical (unpaired) electrons. The third-order valence-corrected chi connectivity index (χ3v) is 3.16. The Bertz CT molecular complexity index is 798. The second-order valence-electron chi connectivity index (χ2n) is 4.95. The van der Waals surface area contributed by atoms with Crippen molar-refractivity contribution in [1.29, 1.82) is 5.26 Å². The van der Waals surface area contributed by atoms with Crippen molar-refractivity contribution in [2.45, 2.75) is 6.42 Å². The average Bonchev–Trinajstić information content (AvgIpc) is 2.62. The number of nitrogens with zero attached hydrogens (tertiary/aromatic N) is 2. The molecule has 0 aliphatic rings. The van der Waals surface area contributed by atoms with Crippen LogP contribution in [-0.2, 0) is 11.2 Å². The van der Waals surface area contributed by atoms with Crippen molar-refractivity contribution in [3.63, 3.8) is 0 Å². The smallest absolute Gasteiger partial charge is 0.244 e. The van der Waals surface area contributed by atoms with Crippen LogP contribution in [0.25, 0.3) is 0 Å². The second-order valence-corrected chi connectivity index (χ2v) is 4.95. The summed E-state index contributed by atoms with van der Waals surface area (Å²) in [7, 11) is 1.49. The first-order chi connectivity index (χ1) is 12.1. The quantitative estimate of drug-likeness (QED) is 0.619. The van der Waals surface area contributed by atoms with Gasteiger partial charge in [0.25, 0.3) is 0 Å². The van der Waals surface area contributed by atoms with E-state index in [1.807, 2.05) is 6.07 Å². The van der Waals surface area contributed by atoms with Crippen LogP contribution in [0, 0.1) is 17.1 Å². The van der Waals surface area contributed by atoms with Crippen LogP contribution in [-0.4, -0.2) is 25.8 Å². The molecule has 0 spiro atoms. The third kappa shape index (κ3) is 5.62. The molecule has 2 aromatic rings. The van der Waals surface area contributed by atoms with E-state index in [0.717, 1.165) is 0 Å². The van der Waals surface area contributed by atoms with Gasteiger partial charge in [-0.1, -0.05) is 12.1 Å². The van der Waals surface area contributed by atoms with Gasteiger partial charge in [0.15, 0.2) is 18.1 Å². The van der Waals surface area contributed by atoms with Crippen LogP contribution in [0.3, 0.4) is 0 Å². The van der Waals surface area contributed by atoms with Gasteiger partial charge in [0.1, 0.15) is 11.9 Å². The Morgan fingerprint density at radius 2 is 2.04 bits per heavy atom. The maximum absolute atomic E-state index is 12.8. The SMILES string of the molecule is COc1cc(/C=N/NC(=O)Cc2ccc(F)cc2)ccc1OCC#N. The summed E-state index contributed by atoms with van der Waals surface area (Å²) in [5.74, 6) is 0.237. The van der Waals surface area contributed by atoms with Crippen molar-refractivity contribution < 1.29 is 18.7 Å². The molecule has 7 heteroatoms. The zero-order chi connectivity index (χ0) is 18.1. The van der Waals surface area contributed by atoms with Crippen molar-refractivity contribution in [2.24, 2.45) is 5.10 Å². The minimum absolute atomic E-state index is 0.0801. The average molecular weight is 341 g/mol. The van der Waals surface area contributed by atoms with E-state index in [9.17, 15) is 9.18 Å². The van der Waals surface area contributed by atoms with E-state index in [2.05, 4.69) is 10.5 Å². The van der Waals surface area contributed by atoms with Crippen LogP contribution >= 0.6 is 0 Å². The van der Waals surface area contributed by atoms with Gasteiger partial charge in [-0.25, -0.2) is 9.82 Å². The Morgan fingerprint density at radius 1 is 1.28 bits per heavy atom. The van der Waals surface area contributed by atoms with Crippen molar-refractivity contribution in [3.8, 4) is 17.6 Å². The maximum atomic E-state index is 12.8. The molecule has 0 aromatic heterocycles. The number of carbonyl (C=O) groups excluding carboxylic acids is 1. The fraction of sp³-hybridized carbons (Fsp3) is 0.167. The first-order valence-corrected chi connectivity index (χ1v) is 7.36. The fourth-order valence-corrected chi connectivity index (χ4v) is 2.00. The van der Waals surface area contributed by atoms with Gasteiger partial charge in [-0.3, -0.25) is 4.79 Å². The van der Waals surface area contributed by atoms with Crippen LogP contribution in [0.2, 0.25) is 0 Å². The molecule has 0 bridgehead atoms. The number of halogens is 1. The van der Waals surface area contributed by atoms with Gasteiger partial charge < -0.3 is 9.47 Å². The van der Waals surface area contributed by atoms with Crippen LogP contribution in [0.4, 0.5) is 4.39 Å². The Morgan fingerprint density at radius 3 is 2.72 bits per heavy atom. The summed E-state index contributed by atoms with van der Waals surface area (Å²) >= 11 is 0. The topological polar surface area (TPSA) is 83.7 Å². The normalized spacial score (nSPS) is 10.3. The van der Waals surface area contributed by atoms with E-state index in [1.54, 1.807) is 30.3 Å². The molecule has 0 atom stereocenters. The molecule has 0 fully saturated rings. The van der Waals surface area contributed by atoms with Gasteiger partial charge >= 0.3 is 0 Å². The van der Waals surface area contributed by atoms with E-state index in [4.69, 9.17) is 14.7 Å². The molecule has 0 heterocycles. The Hall–Kier alpha value is -3.40. The predicted octanol–water partition coefficient (Wildman–Crippen LogP) is 2.43. The minimum Gasteiger partial charge on any atom is -0.493 e. The molecule has 0 unspecified atom stereocenters. The lowest BCUT2D eigenvalue weighted by Crippen LogP contribution is -2.19. The van der Waals surface area contributed by atoms with Gasteiger partial charge in [0, 0.05) is 0 Å². The Labute approximate surface area is 144 Å². The molecule has 6 nitrogen and oxygen atoms in total. The molecule has 0 aliphatic heterocycles. The summed E-state index contributed by atoms with van der Waals surface area (Å²) in [5.41, 5.74) is 3.78. The number of hydrazone groups is 1. The highest BCUT2D eigenvalue weighted by Crippen LogP contribution is 2.27. The molecule has 0 aliphatic carbocycles. The fourth-order valence-electron chi connectivity index (χ4n) is 2.00. The summed E-state index contributed by atoms with van der Waals surface area (Å²) in [4.78, 5) is 11.8. The zero-order valence-electron chi connectivity index (χ0n) is 13.5. The Balaban J connectivity index is 1.93. The molecule has 1 N–H and O–H groups in total. The standard InChI is InChI=1S/C18H16FN3O3/c1-24-17-10-14(4-7-16(17)25-9-8-20)12-21-22-18(23)11-13-2-5-15(19)6-3-13/h2-7,10,12H,9,11H2,1H3,(H,22,23)/b21-12+. The first kappa shape index (κ1) is 17.9. The van der Waals surface area contributed by atoms with Crippen molar-refractivity contribution in [1.82, 2.24) is 5.43 Å². The van der Waals surface area contributed by atoms with Crippen molar-refractivity contribution >= 4 is 12.1 Å². The number of hydrogen-bond donors (Lipinski definition) is 1. The highest BCUT2D eigenvalue weighted by molar-refractivity contribution is 5.84. The molecule has 0 saturated carbocycles. The number of benzene rings is 2. The van der Waals surface area contributed by atoms with Gasteiger partial charge in [0.05, 0.1) is 19.7 Å². The summed E-state index contributed by atoms with van der Waals surface area (Å²) in [6.45, 7) is -0.0801. The van der Waals surface area contributed by atoms with E-state index in [0.29, 0.717) is 22.6 Å². The van der Waals surface area contributed by atoms with Crippen molar-refractivity contribution in [2.75, 3.05) is 13.7 Å². The Kier molecular flexibility index (Phi) is 6.48. The molecule has 128 valence electrons. The summed E-state index contributed by atoms with van der Waals surface area (Å²) in [6, 6.07) is 12.6. The molecule has 0 saturated heterocycles. The zero-order valence-corrected chi connectivity index (χ0v) is 13.5. The third-order valence-electron chi connectivity index (χ3n) is 3.16. The minimum atomic E-state index is -0.349. The van der Waals surface area contributed by atoms with Gasteiger partial charge in [-0.2, -0.15) is 10.4 Å². The predicted molar refractivity (Wildman–Crippen MR) is 89.9 cm³/mol. The van der Waals surface area contributed by atoms with Crippen molar-refractivity contribution in [3.05, 3.63) is 59.4 Å². The summed E-state index contributed by atoms with van der Waals surface area (Å²) in [5, 5.41) is 12.4. The maximum Gasteiger partial charge on any atom is 0.244 e. The number of methoxy groups -OCH3 is 1. The van der Waals surface area contributed by atoms with Crippen LogP contribution in [0.5, 0.6) is 11.5 Å². The second kappa shape index (κ2) is 9.03. The molecule has 25 heavy (non-hydrogen) atoms. The molecule has 1 amide bonds. The summed E-state index contributed by atoms with van der Waals surface area (Å²) in [6.07, 6.45) is 1.56. The van der Waals surface area contributed by atoms with E-state index < -0.39 is 0 Å². The summed E-state index contributed by atoms with van der Waals surface area (Å²) < 4.78 is 23.2. The molecular weight excluding hydrogens is 325 g/mol. The van der Waals surface area contributed by atoms with Gasteiger partial charge in [-0.15, -0.1) is 0 Å². The lowest BCUT2D eigenvalue weighted by Gasteiger charge is -2.08. The van der Waals surface area contributed by atoms with Crippen LogP contribution in [0.1, 0.15) is 11.1 Å². The number of nitriles is 1. The lowest BCUT2D eigenvalue weighted by atomic mass is 10.1. The number of amides is 1. The monoisotopic (exact) mass is 341 g/mol. The van der Waals surface area contributed by atoms with Crippen LogP contribution in [0.15, 0.2) is 47.6 Å². The highest BCUT2D eigenvalue weighted by Gasteiger charge is 2.05. The number of nitrogens with one attached hydrogen (secondary N) is 1. The molecular formula is C18H16FN3O3. The largest absolute Gasteiger partial charge is 0.493 e. The first-order valence-electron chi connectivity index (χ1n) is 7.36. The number of hydrogen-bond acceptors (Lipinski definition) is 5. The van der Waals surface area contributed by atoms with Crippen LogP contribution < -0.4 is 14.9 Å². The lowest BCUT2D eigenvalue weighted by molar-refractivity contribution is -0.120. The molecule has 2 rings (SSSR count). The number of ether oxygens (including phenoxy) is 2. The van der Waals surface area contributed by atoms with E-state index >= 15 is 0 Å². The van der Waals surface area contributed by atoms with E-state index in [1.165, 1.54) is 25.5 Å². The highest BCUT2D eigenvalue weighted by atomic mass is 19.1.